The Kier molecular flexibility index (Phi) is 4.52. The summed E-state index contributed by atoms with van der Waals surface area (Å²) in [7, 11) is 0. The van der Waals surface area contributed by atoms with Gasteiger partial charge in [0, 0.05) is 11.9 Å². The first-order chi connectivity index (χ1) is 11.5. The largest absolute Gasteiger partial charge is 0.479 e. The number of halogens is 1. The van der Waals surface area contributed by atoms with Crippen molar-refractivity contribution < 1.29 is 14.3 Å². The Morgan fingerprint density at radius 3 is 2.96 bits per heavy atom. The summed E-state index contributed by atoms with van der Waals surface area (Å²) < 4.78 is 5.46. The van der Waals surface area contributed by atoms with Gasteiger partial charge in [-0.25, -0.2) is 4.79 Å². The van der Waals surface area contributed by atoms with Gasteiger partial charge in [-0.15, -0.1) is 0 Å². The molecule has 1 aliphatic heterocycles. The molecule has 0 radical (unpaired) electrons. The maximum atomic E-state index is 11.9. The van der Waals surface area contributed by atoms with Crippen molar-refractivity contribution in [3.05, 3.63) is 47.2 Å². The summed E-state index contributed by atoms with van der Waals surface area (Å²) in [6.07, 6.45) is 0.982. The molecule has 0 saturated heterocycles. The van der Waals surface area contributed by atoms with E-state index >= 15 is 0 Å². The number of hydrogen-bond acceptors (Lipinski definition) is 4. The summed E-state index contributed by atoms with van der Waals surface area (Å²) in [4.78, 5) is 27.7. The fourth-order valence-electron chi connectivity index (χ4n) is 2.14. The lowest BCUT2D eigenvalue weighted by atomic mass is 10.2. The Balaban J connectivity index is 1.59. The summed E-state index contributed by atoms with van der Waals surface area (Å²) in [5.41, 5.74) is 1.75. The highest BCUT2D eigenvalue weighted by molar-refractivity contribution is 6.30. The van der Waals surface area contributed by atoms with Crippen LogP contribution in [0.15, 0.2) is 36.5 Å². The maximum Gasteiger partial charge on any atom is 0.319 e. The first-order valence-electron chi connectivity index (χ1n) is 7.28. The van der Waals surface area contributed by atoms with Crippen molar-refractivity contribution in [3.8, 4) is 5.75 Å². The number of nitrogens with zero attached hydrogens (tertiary/aromatic N) is 1. The predicted octanol–water partition coefficient (Wildman–Crippen LogP) is 2.78. The van der Waals surface area contributed by atoms with Crippen LogP contribution in [0.1, 0.15) is 12.6 Å². The molecule has 0 spiro atoms. The van der Waals surface area contributed by atoms with E-state index in [1.807, 2.05) is 0 Å². The van der Waals surface area contributed by atoms with Crippen LogP contribution in [0.3, 0.4) is 0 Å². The molecule has 1 atom stereocenters. The molecule has 0 fully saturated rings. The van der Waals surface area contributed by atoms with Crippen LogP contribution < -0.4 is 20.7 Å². The molecule has 124 valence electrons. The molecule has 7 nitrogen and oxygen atoms in total. The molecule has 3 N–H and O–H groups in total. The van der Waals surface area contributed by atoms with Crippen molar-refractivity contribution in [1.82, 2.24) is 10.3 Å². The lowest BCUT2D eigenvalue weighted by molar-refractivity contribution is -0.122. The average molecular weight is 347 g/mol. The molecule has 1 aromatic heterocycles. The molecule has 8 heteroatoms. The van der Waals surface area contributed by atoms with Gasteiger partial charge in [0.05, 0.1) is 22.9 Å². The molecule has 0 aliphatic carbocycles. The fourth-order valence-corrected chi connectivity index (χ4v) is 2.26. The summed E-state index contributed by atoms with van der Waals surface area (Å²) in [6.45, 7) is 1.94. The van der Waals surface area contributed by atoms with Crippen molar-refractivity contribution in [2.45, 2.75) is 19.6 Å². The van der Waals surface area contributed by atoms with E-state index in [0.29, 0.717) is 27.8 Å². The molecule has 1 unspecified atom stereocenters. The monoisotopic (exact) mass is 346 g/mol. The predicted molar refractivity (Wildman–Crippen MR) is 90.3 cm³/mol. The summed E-state index contributed by atoms with van der Waals surface area (Å²) >= 11 is 5.76. The third-order valence-corrected chi connectivity index (χ3v) is 3.61. The second kappa shape index (κ2) is 6.76. The minimum atomic E-state index is -0.536. The molecule has 3 amide bonds. The van der Waals surface area contributed by atoms with Crippen LogP contribution in [0.25, 0.3) is 0 Å². The topological polar surface area (TPSA) is 92.3 Å². The van der Waals surface area contributed by atoms with Gasteiger partial charge in [-0.3, -0.25) is 9.78 Å². The van der Waals surface area contributed by atoms with E-state index in [0.717, 1.165) is 0 Å². The summed E-state index contributed by atoms with van der Waals surface area (Å²) in [6, 6.07) is 8.08. The van der Waals surface area contributed by atoms with E-state index in [1.165, 1.54) is 6.20 Å². The lowest BCUT2D eigenvalue weighted by Crippen LogP contribution is -2.34. The Labute approximate surface area is 143 Å². The smallest absolute Gasteiger partial charge is 0.319 e. The van der Waals surface area contributed by atoms with Gasteiger partial charge in [0.25, 0.3) is 5.91 Å². The van der Waals surface area contributed by atoms with Crippen LogP contribution in [0.5, 0.6) is 5.75 Å². The number of amides is 3. The number of hydrogen-bond donors (Lipinski definition) is 3. The van der Waals surface area contributed by atoms with Gasteiger partial charge >= 0.3 is 6.03 Å². The van der Waals surface area contributed by atoms with E-state index in [9.17, 15) is 9.59 Å². The van der Waals surface area contributed by atoms with Gasteiger partial charge < -0.3 is 20.7 Å². The van der Waals surface area contributed by atoms with E-state index < -0.39 is 6.10 Å². The quantitative estimate of drug-likeness (QED) is 0.796. The van der Waals surface area contributed by atoms with Crippen LogP contribution in [0.4, 0.5) is 16.2 Å². The maximum absolute atomic E-state index is 11.9. The number of carbonyl (C=O) groups excluding carboxylic acids is 2. The normalized spacial score (nSPS) is 15.8. The van der Waals surface area contributed by atoms with Crippen molar-refractivity contribution >= 4 is 34.9 Å². The number of benzene rings is 1. The molecular weight excluding hydrogens is 332 g/mol. The Morgan fingerprint density at radius 2 is 2.21 bits per heavy atom. The van der Waals surface area contributed by atoms with E-state index in [-0.39, 0.29) is 18.5 Å². The van der Waals surface area contributed by atoms with Gasteiger partial charge in [0.1, 0.15) is 5.75 Å². The fraction of sp³-hybridized carbons (Fsp3) is 0.188. The number of fused-ring (bicyclic) bond motifs is 1. The molecule has 2 aromatic rings. The highest BCUT2D eigenvalue weighted by atomic mass is 35.5. The second-order valence-corrected chi connectivity index (χ2v) is 5.67. The molecule has 0 bridgehead atoms. The number of pyridine rings is 1. The van der Waals surface area contributed by atoms with Crippen molar-refractivity contribution in [2.24, 2.45) is 0 Å². The van der Waals surface area contributed by atoms with Crippen LogP contribution in [0, 0.1) is 0 Å². The molecular formula is C16H15ClN4O3. The minimum absolute atomic E-state index is 0.224. The summed E-state index contributed by atoms with van der Waals surface area (Å²) in [5, 5.41) is 8.64. The SMILES string of the molecule is CC1Oc2ccc(NC(=O)NCc3ccc(Cl)cn3)cc2NC1=O. The van der Waals surface area contributed by atoms with Crippen LogP contribution in [-0.4, -0.2) is 23.0 Å². The molecule has 1 aliphatic rings. The average Bonchev–Trinajstić information content (AvgIpc) is 2.56. The highest BCUT2D eigenvalue weighted by Crippen LogP contribution is 2.32. The number of aromatic nitrogens is 1. The zero-order valence-corrected chi connectivity index (χ0v) is 13.6. The van der Waals surface area contributed by atoms with E-state index in [4.69, 9.17) is 16.3 Å². The number of rotatable bonds is 3. The minimum Gasteiger partial charge on any atom is -0.479 e. The highest BCUT2D eigenvalue weighted by Gasteiger charge is 2.23. The van der Waals surface area contributed by atoms with Crippen molar-refractivity contribution in [1.29, 1.82) is 0 Å². The standard InChI is InChI=1S/C16H15ClN4O3/c1-9-15(22)21-13-6-11(4-5-14(13)24-9)20-16(23)19-8-12-3-2-10(17)7-18-12/h2-7,9H,8H2,1H3,(H,21,22)(H2,19,20,23). The second-order valence-electron chi connectivity index (χ2n) is 5.24. The first kappa shape index (κ1) is 16.1. The molecule has 24 heavy (non-hydrogen) atoms. The first-order valence-corrected chi connectivity index (χ1v) is 7.66. The number of ether oxygens (including phenoxy) is 1. The van der Waals surface area contributed by atoms with E-state index in [1.54, 1.807) is 37.3 Å². The van der Waals surface area contributed by atoms with Gasteiger partial charge in [0.2, 0.25) is 0 Å². The van der Waals surface area contributed by atoms with Gasteiger partial charge in [-0.1, -0.05) is 11.6 Å². The zero-order chi connectivity index (χ0) is 17.1. The molecule has 2 heterocycles. The number of anilines is 2. The van der Waals surface area contributed by atoms with Gasteiger partial charge in [-0.2, -0.15) is 0 Å². The zero-order valence-electron chi connectivity index (χ0n) is 12.8. The third kappa shape index (κ3) is 3.75. The van der Waals surface area contributed by atoms with Crippen LogP contribution >= 0.6 is 11.6 Å². The van der Waals surface area contributed by atoms with Gasteiger partial charge in [0.15, 0.2) is 6.10 Å². The van der Waals surface area contributed by atoms with Crippen LogP contribution in [-0.2, 0) is 11.3 Å². The van der Waals surface area contributed by atoms with Gasteiger partial charge in [-0.05, 0) is 37.3 Å². The van der Waals surface area contributed by atoms with E-state index in [2.05, 4.69) is 20.9 Å². The molecule has 3 rings (SSSR count). The number of nitrogens with one attached hydrogen (secondary N) is 3. The number of urea groups is 1. The Hall–Kier alpha value is -2.80. The van der Waals surface area contributed by atoms with Crippen molar-refractivity contribution in [2.75, 3.05) is 10.6 Å². The lowest BCUT2D eigenvalue weighted by Gasteiger charge is -2.23. The summed E-state index contributed by atoms with van der Waals surface area (Å²) in [5.74, 6) is 0.344. The van der Waals surface area contributed by atoms with Crippen LogP contribution in [0.2, 0.25) is 5.02 Å². The Morgan fingerprint density at radius 1 is 1.38 bits per heavy atom. The molecule has 1 aromatic carbocycles. The third-order valence-electron chi connectivity index (χ3n) is 3.39. The van der Waals surface area contributed by atoms with Crippen molar-refractivity contribution in [3.63, 3.8) is 0 Å². The molecule has 0 saturated carbocycles. The number of carbonyl (C=O) groups is 2. The Bertz CT molecular complexity index is 779.